The van der Waals surface area contributed by atoms with Gasteiger partial charge in [-0.05, 0) is 38.2 Å². The maximum atomic E-state index is 12.7. The molecule has 0 aromatic heterocycles. The molecule has 0 aliphatic carbocycles. The fourth-order valence-corrected chi connectivity index (χ4v) is 3.95. The van der Waals surface area contributed by atoms with Crippen LogP contribution in [0.1, 0.15) is 46.6 Å². The lowest BCUT2D eigenvalue weighted by atomic mass is 9.78. The molecule has 1 aliphatic heterocycles. The second kappa shape index (κ2) is 6.83. The van der Waals surface area contributed by atoms with Crippen LogP contribution < -0.4 is 4.72 Å². The van der Waals surface area contributed by atoms with Gasteiger partial charge in [-0.2, -0.15) is 0 Å². The normalized spacial score (nSPS) is 17.8. The third kappa shape index (κ3) is 5.08. The fraction of sp³-hybridized carbons (Fsp3) is 0.526. The Hall–Kier alpha value is -1.82. The smallest absolute Gasteiger partial charge is 0.262 e. The number of carbonyl (C=O) groups is 1. The molecular weight excluding hydrogens is 336 g/mol. The van der Waals surface area contributed by atoms with E-state index >= 15 is 0 Å². The maximum absolute atomic E-state index is 12.7. The molecule has 1 N–H and O–H groups in total. The molecule has 1 aromatic rings. The molecule has 1 amide bonds. The first-order valence-corrected chi connectivity index (χ1v) is 10.1. The Labute approximate surface area is 151 Å². The minimum Gasteiger partial charge on any atom is -0.372 e. The van der Waals surface area contributed by atoms with Gasteiger partial charge in [-0.3, -0.25) is 4.79 Å². The van der Waals surface area contributed by atoms with Crippen molar-refractivity contribution in [3.63, 3.8) is 0 Å². The van der Waals surface area contributed by atoms with Crippen molar-refractivity contribution in [2.75, 3.05) is 6.54 Å². The van der Waals surface area contributed by atoms with Crippen LogP contribution in [0.15, 0.2) is 42.1 Å². The minimum atomic E-state index is -3.75. The Morgan fingerprint density at radius 1 is 1.20 bits per heavy atom. The van der Waals surface area contributed by atoms with Crippen molar-refractivity contribution in [3.8, 4) is 0 Å². The highest BCUT2D eigenvalue weighted by molar-refractivity contribution is 7.89. The standard InChI is InChI=1S/C19H28N2O3S/c1-18(2,3)21-12-11-19(4,5)16(13-21)17(22)20-25(23,24)14-15-9-7-6-8-10-15/h6-10,13H,11-12,14H2,1-5H3,(H,20,22). The zero-order valence-electron chi connectivity index (χ0n) is 15.7. The summed E-state index contributed by atoms with van der Waals surface area (Å²) in [5, 5.41) is 0. The molecular formula is C19H28N2O3S. The predicted molar refractivity (Wildman–Crippen MR) is 100 cm³/mol. The molecule has 2 rings (SSSR count). The first-order chi connectivity index (χ1) is 11.4. The lowest BCUT2D eigenvalue weighted by Gasteiger charge is -2.43. The van der Waals surface area contributed by atoms with E-state index in [-0.39, 0.29) is 16.7 Å². The molecule has 0 bridgehead atoms. The number of hydrogen-bond acceptors (Lipinski definition) is 4. The average molecular weight is 365 g/mol. The molecule has 25 heavy (non-hydrogen) atoms. The SMILES string of the molecule is CC1(C)CCN(C(C)(C)C)C=C1C(=O)NS(=O)(=O)Cc1ccccc1. The number of benzene rings is 1. The summed E-state index contributed by atoms with van der Waals surface area (Å²) in [5.41, 5.74) is 0.667. The van der Waals surface area contributed by atoms with Crippen molar-refractivity contribution in [2.45, 2.75) is 52.3 Å². The number of nitrogens with one attached hydrogen (secondary N) is 1. The number of carbonyl (C=O) groups excluding carboxylic acids is 1. The van der Waals surface area contributed by atoms with E-state index < -0.39 is 15.9 Å². The van der Waals surface area contributed by atoms with E-state index in [0.29, 0.717) is 11.1 Å². The highest BCUT2D eigenvalue weighted by Crippen LogP contribution is 2.36. The Morgan fingerprint density at radius 3 is 2.36 bits per heavy atom. The number of hydrogen-bond donors (Lipinski definition) is 1. The predicted octanol–water partition coefficient (Wildman–Crippen LogP) is 3.05. The van der Waals surface area contributed by atoms with Gasteiger partial charge < -0.3 is 4.90 Å². The molecule has 6 heteroatoms. The van der Waals surface area contributed by atoms with Gasteiger partial charge in [-0.25, -0.2) is 13.1 Å². The Morgan fingerprint density at radius 2 is 1.80 bits per heavy atom. The Bertz CT molecular complexity index is 760. The summed E-state index contributed by atoms with van der Waals surface area (Å²) in [4.78, 5) is 14.8. The molecule has 0 fully saturated rings. The first-order valence-electron chi connectivity index (χ1n) is 8.48. The van der Waals surface area contributed by atoms with Gasteiger partial charge in [-0.1, -0.05) is 44.2 Å². The van der Waals surface area contributed by atoms with Crippen LogP contribution in [-0.2, 0) is 20.6 Å². The summed E-state index contributed by atoms with van der Waals surface area (Å²) in [6.45, 7) is 11.0. The van der Waals surface area contributed by atoms with Crippen LogP contribution in [0.3, 0.4) is 0 Å². The molecule has 0 atom stereocenters. The number of nitrogens with zero attached hydrogens (tertiary/aromatic N) is 1. The van der Waals surface area contributed by atoms with Crippen molar-refractivity contribution >= 4 is 15.9 Å². The summed E-state index contributed by atoms with van der Waals surface area (Å²) in [6.07, 6.45) is 2.61. The van der Waals surface area contributed by atoms with E-state index in [4.69, 9.17) is 0 Å². The van der Waals surface area contributed by atoms with Crippen LogP contribution >= 0.6 is 0 Å². The molecule has 0 unspecified atom stereocenters. The van der Waals surface area contributed by atoms with E-state index in [0.717, 1.165) is 13.0 Å². The number of sulfonamides is 1. The lowest BCUT2D eigenvalue weighted by Crippen LogP contribution is -2.46. The average Bonchev–Trinajstić information content (AvgIpc) is 2.45. The summed E-state index contributed by atoms with van der Waals surface area (Å²) in [6, 6.07) is 8.84. The minimum absolute atomic E-state index is 0.120. The Kier molecular flexibility index (Phi) is 5.33. The molecule has 5 nitrogen and oxygen atoms in total. The van der Waals surface area contributed by atoms with Crippen molar-refractivity contribution in [1.29, 1.82) is 0 Å². The number of amides is 1. The van der Waals surface area contributed by atoms with Crippen LogP contribution in [0, 0.1) is 5.41 Å². The zero-order chi connectivity index (χ0) is 18.9. The molecule has 138 valence electrons. The van der Waals surface area contributed by atoms with E-state index in [2.05, 4.69) is 30.4 Å². The van der Waals surface area contributed by atoms with Gasteiger partial charge in [0.2, 0.25) is 10.0 Å². The van der Waals surface area contributed by atoms with E-state index in [9.17, 15) is 13.2 Å². The molecule has 1 aromatic carbocycles. The largest absolute Gasteiger partial charge is 0.372 e. The van der Waals surface area contributed by atoms with Gasteiger partial charge in [0.15, 0.2) is 0 Å². The van der Waals surface area contributed by atoms with E-state index in [1.54, 1.807) is 24.3 Å². The van der Waals surface area contributed by atoms with Crippen LogP contribution in [-0.4, -0.2) is 31.3 Å². The summed E-state index contributed by atoms with van der Waals surface area (Å²) >= 11 is 0. The van der Waals surface area contributed by atoms with Gasteiger partial charge in [0.1, 0.15) is 0 Å². The van der Waals surface area contributed by atoms with E-state index in [1.165, 1.54) is 0 Å². The van der Waals surface area contributed by atoms with Crippen molar-refractivity contribution in [1.82, 2.24) is 9.62 Å². The highest BCUT2D eigenvalue weighted by Gasteiger charge is 2.36. The van der Waals surface area contributed by atoms with Crippen LogP contribution in [0.25, 0.3) is 0 Å². The third-order valence-corrected chi connectivity index (χ3v) is 5.76. The topological polar surface area (TPSA) is 66.5 Å². The molecule has 0 spiro atoms. The monoisotopic (exact) mass is 364 g/mol. The van der Waals surface area contributed by atoms with Crippen LogP contribution in [0.5, 0.6) is 0 Å². The number of rotatable bonds is 4. The highest BCUT2D eigenvalue weighted by atomic mass is 32.2. The Balaban J connectivity index is 2.21. The second-order valence-electron chi connectivity index (χ2n) is 8.22. The molecule has 0 saturated carbocycles. The van der Waals surface area contributed by atoms with Gasteiger partial charge >= 0.3 is 0 Å². The van der Waals surface area contributed by atoms with Gasteiger partial charge in [0.25, 0.3) is 5.91 Å². The summed E-state index contributed by atoms with van der Waals surface area (Å²) < 4.78 is 27.0. The summed E-state index contributed by atoms with van der Waals surface area (Å²) in [5.74, 6) is -0.745. The third-order valence-electron chi connectivity index (χ3n) is 4.55. The second-order valence-corrected chi connectivity index (χ2v) is 9.94. The van der Waals surface area contributed by atoms with Gasteiger partial charge in [0.05, 0.1) is 5.75 Å². The van der Waals surface area contributed by atoms with Crippen LogP contribution in [0.2, 0.25) is 0 Å². The van der Waals surface area contributed by atoms with Crippen molar-refractivity contribution < 1.29 is 13.2 Å². The molecule has 1 aliphatic rings. The quantitative estimate of drug-likeness (QED) is 0.892. The van der Waals surface area contributed by atoms with Gasteiger partial charge in [0, 0.05) is 23.9 Å². The first kappa shape index (κ1) is 19.5. The maximum Gasteiger partial charge on any atom is 0.262 e. The zero-order valence-corrected chi connectivity index (χ0v) is 16.5. The molecule has 0 radical (unpaired) electrons. The molecule has 1 heterocycles. The van der Waals surface area contributed by atoms with Crippen LogP contribution in [0.4, 0.5) is 0 Å². The summed E-state index contributed by atoms with van der Waals surface area (Å²) in [7, 11) is -3.75. The van der Waals surface area contributed by atoms with Gasteiger partial charge in [-0.15, -0.1) is 0 Å². The van der Waals surface area contributed by atoms with Crippen molar-refractivity contribution in [3.05, 3.63) is 47.7 Å². The van der Waals surface area contributed by atoms with E-state index in [1.807, 2.05) is 26.1 Å². The lowest BCUT2D eigenvalue weighted by molar-refractivity contribution is -0.117. The molecule has 0 saturated heterocycles. The fourth-order valence-electron chi connectivity index (χ4n) is 2.85. The van der Waals surface area contributed by atoms with Crippen molar-refractivity contribution in [2.24, 2.45) is 5.41 Å².